The van der Waals surface area contributed by atoms with Gasteiger partial charge in [0.25, 0.3) is 6.45 Å². The van der Waals surface area contributed by atoms with E-state index in [1.165, 1.54) is 0 Å². The van der Waals surface area contributed by atoms with E-state index in [-0.39, 0.29) is 0 Å². The van der Waals surface area contributed by atoms with E-state index in [2.05, 4.69) is 4.74 Å². The van der Waals surface area contributed by atoms with E-state index >= 15 is 0 Å². The van der Waals surface area contributed by atoms with E-state index in [1.54, 1.807) is 0 Å². The second-order valence-electron chi connectivity index (χ2n) is 2.03. The SMILES string of the molecule is [2H]C(=O)OCC(=O)CCC(F)(F)F. The average molecular weight is 185 g/mol. The molecule has 0 amide bonds. The van der Waals surface area contributed by atoms with Crippen LogP contribution in [-0.4, -0.2) is 25.0 Å². The van der Waals surface area contributed by atoms with Crippen molar-refractivity contribution in [3.05, 3.63) is 0 Å². The molecule has 0 unspecified atom stereocenters. The van der Waals surface area contributed by atoms with Gasteiger partial charge in [-0.3, -0.25) is 9.59 Å². The van der Waals surface area contributed by atoms with Crippen molar-refractivity contribution in [2.75, 3.05) is 6.61 Å². The standard InChI is InChI=1S/C6H7F3O3/c7-6(8,9)2-1-5(11)3-12-4-10/h4H,1-3H2/i4D. The van der Waals surface area contributed by atoms with E-state index < -0.39 is 37.9 Å². The Morgan fingerprint density at radius 1 is 1.58 bits per heavy atom. The first-order valence-corrected chi connectivity index (χ1v) is 3.03. The fourth-order valence-corrected chi connectivity index (χ4v) is 0.463. The minimum absolute atomic E-state index is 0.725. The summed E-state index contributed by atoms with van der Waals surface area (Å²) in [7, 11) is 0. The molecule has 0 aliphatic rings. The van der Waals surface area contributed by atoms with Gasteiger partial charge in [0.1, 0.15) is 6.61 Å². The van der Waals surface area contributed by atoms with Crippen LogP contribution in [0.3, 0.4) is 0 Å². The van der Waals surface area contributed by atoms with Gasteiger partial charge in [-0.15, -0.1) is 0 Å². The molecular weight excluding hydrogens is 177 g/mol. The van der Waals surface area contributed by atoms with E-state index in [4.69, 9.17) is 1.37 Å². The third kappa shape index (κ3) is 7.04. The van der Waals surface area contributed by atoms with Crippen molar-refractivity contribution in [1.29, 1.82) is 0 Å². The molecule has 0 radical (unpaired) electrons. The molecule has 0 aliphatic heterocycles. The number of hydrogen-bond donors (Lipinski definition) is 0. The van der Waals surface area contributed by atoms with Crippen LogP contribution in [0.5, 0.6) is 0 Å². The number of rotatable bonds is 4. The van der Waals surface area contributed by atoms with Crippen LogP contribution in [0.25, 0.3) is 0 Å². The van der Waals surface area contributed by atoms with Gasteiger partial charge in [0.2, 0.25) is 0 Å². The van der Waals surface area contributed by atoms with Crippen LogP contribution < -0.4 is 0 Å². The number of ether oxygens (including phenoxy) is 1. The zero-order chi connectivity index (χ0) is 10.5. The highest BCUT2D eigenvalue weighted by Crippen LogP contribution is 2.21. The summed E-state index contributed by atoms with van der Waals surface area (Å²) in [6.45, 7) is -0.765. The van der Waals surface area contributed by atoms with Crippen LogP contribution >= 0.6 is 0 Å². The lowest BCUT2D eigenvalue weighted by atomic mass is 10.2. The van der Waals surface area contributed by atoms with Crippen molar-refractivity contribution in [1.82, 2.24) is 0 Å². The Kier molecular flexibility index (Phi) is 3.56. The van der Waals surface area contributed by atoms with Crippen LogP contribution in [0.1, 0.15) is 14.2 Å². The fourth-order valence-electron chi connectivity index (χ4n) is 0.463. The molecule has 0 fully saturated rings. The predicted octanol–water partition coefficient (Wildman–Crippen LogP) is 1.07. The molecule has 70 valence electrons. The van der Waals surface area contributed by atoms with Gasteiger partial charge in [0, 0.05) is 6.42 Å². The van der Waals surface area contributed by atoms with E-state index in [0.29, 0.717) is 0 Å². The smallest absolute Gasteiger partial charge is 0.389 e. The minimum Gasteiger partial charge on any atom is -0.460 e. The second kappa shape index (κ2) is 4.74. The van der Waals surface area contributed by atoms with Crippen molar-refractivity contribution in [2.45, 2.75) is 19.0 Å². The molecule has 6 heteroatoms. The normalized spacial score (nSPS) is 12.1. The Morgan fingerprint density at radius 3 is 2.58 bits per heavy atom. The second-order valence-corrected chi connectivity index (χ2v) is 2.03. The zero-order valence-electron chi connectivity index (χ0n) is 6.98. The number of hydrogen-bond acceptors (Lipinski definition) is 3. The molecule has 0 bridgehead atoms. The van der Waals surface area contributed by atoms with Crippen molar-refractivity contribution < 1.29 is 28.9 Å². The summed E-state index contributed by atoms with van der Waals surface area (Å²) >= 11 is 0. The van der Waals surface area contributed by atoms with Gasteiger partial charge in [0.05, 0.1) is 6.42 Å². The van der Waals surface area contributed by atoms with E-state index in [0.717, 1.165) is 0 Å². The Morgan fingerprint density at radius 2 is 2.17 bits per heavy atom. The molecule has 0 saturated heterocycles. The first kappa shape index (κ1) is 9.02. The highest BCUT2D eigenvalue weighted by molar-refractivity contribution is 5.80. The molecule has 0 saturated carbocycles. The van der Waals surface area contributed by atoms with Crippen molar-refractivity contribution >= 4 is 12.2 Å². The highest BCUT2D eigenvalue weighted by atomic mass is 19.4. The summed E-state index contributed by atoms with van der Waals surface area (Å²) in [6, 6.07) is 0. The lowest BCUT2D eigenvalue weighted by Gasteiger charge is -2.03. The number of carbonyl (C=O) groups excluding carboxylic acids is 2. The van der Waals surface area contributed by atoms with Crippen LogP contribution in [0.4, 0.5) is 13.2 Å². The Labute approximate surface area is 67.9 Å². The van der Waals surface area contributed by atoms with E-state index in [1.807, 2.05) is 0 Å². The molecule has 3 nitrogen and oxygen atoms in total. The van der Waals surface area contributed by atoms with Gasteiger partial charge in [-0.05, 0) is 0 Å². The summed E-state index contributed by atoms with van der Waals surface area (Å²) in [5.74, 6) is -0.849. The highest BCUT2D eigenvalue weighted by Gasteiger charge is 2.27. The predicted molar refractivity (Wildman–Crippen MR) is 32.3 cm³/mol. The largest absolute Gasteiger partial charge is 0.460 e. The fraction of sp³-hybridized carbons (Fsp3) is 0.667. The molecule has 0 heterocycles. The number of Topliss-reactive ketones (excluding diaryl/α,β-unsaturated/α-hetero) is 1. The number of halogens is 3. The molecule has 0 rings (SSSR count). The third-order valence-electron chi connectivity index (χ3n) is 0.979. The van der Waals surface area contributed by atoms with Crippen LogP contribution in [0.2, 0.25) is 0 Å². The van der Waals surface area contributed by atoms with Gasteiger partial charge in [-0.2, -0.15) is 13.2 Å². The van der Waals surface area contributed by atoms with E-state index in [9.17, 15) is 22.8 Å². The Bertz CT molecular complexity index is 202. The summed E-state index contributed by atoms with van der Waals surface area (Å²) in [6.07, 6.45) is -7.78. The summed E-state index contributed by atoms with van der Waals surface area (Å²) in [5, 5.41) is 0. The Hall–Kier alpha value is -1.07. The molecule has 12 heavy (non-hydrogen) atoms. The molecule has 0 N–H and O–H groups in total. The quantitative estimate of drug-likeness (QED) is 0.615. The third-order valence-corrected chi connectivity index (χ3v) is 0.979. The first-order chi connectivity index (χ1) is 5.81. The van der Waals surface area contributed by atoms with Gasteiger partial charge in [0.15, 0.2) is 7.15 Å². The molecular formula is C6H7F3O3. The topological polar surface area (TPSA) is 43.4 Å². The van der Waals surface area contributed by atoms with Crippen molar-refractivity contribution in [3.8, 4) is 0 Å². The zero-order valence-corrected chi connectivity index (χ0v) is 5.98. The van der Waals surface area contributed by atoms with Gasteiger partial charge in [-0.1, -0.05) is 0 Å². The molecule has 0 aromatic carbocycles. The number of ketones is 1. The monoisotopic (exact) mass is 185 g/mol. The maximum absolute atomic E-state index is 11.5. The molecule has 0 atom stereocenters. The molecule has 0 aromatic rings. The molecule has 0 aromatic heterocycles. The summed E-state index contributed by atoms with van der Waals surface area (Å²) in [5.41, 5.74) is 0. The summed E-state index contributed by atoms with van der Waals surface area (Å²) in [4.78, 5) is 20.4. The minimum atomic E-state index is -4.39. The maximum atomic E-state index is 11.5. The first-order valence-electron chi connectivity index (χ1n) is 3.53. The van der Waals surface area contributed by atoms with Gasteiger partial charge in [-0.25, -0.2) is 0 Å². The molecule has 0 aliphatic carbocycles. The van der Waals surface area contributed by atoms with Crippen molar-refractivity contribution in [3.63, 3.8) is 0 Å². The van der Waals surface area contributed by atoms with Crippen LogP contribution in [-0.2, 0) is 14.3 Å². The number of carbonyl (C=O) groups is 2. The summed E-state index contributed by atoms with van der Waals surface area (Å²) < 4.78 is 44.6. The average Bonchev–Trinajstić information content (AvgIpc) is 1.95. The van der Waals surface area contributed by atoms with Gasteiger partial charge < -0.3 is 4.74 Å². The molecule has 0 spiro atoms. The lowest BCUT2D eigenvalue weighted by molar-refractivity contribution is -0.146. The lowest BCUT2D eigenvalue weighted by Crippen LogP contribution is -2.14. The van der Waals surface area contributed by atoms with Crippen molar-refractivity contribution in [2.24, 2.45) is 0 Å². The van der Waals surface area contributed by atoms with Gasteiger partial charge >= 0.3 is 6.18 Å². The maximum Gasteiger partial charge on any atom is 0.389 e. The number of alkyl halides is 3. The van der Waals surface area contributed by atoms with Crippen LogP contribution in [0, 0.1) is 0 Å². The van der Waals surface area contributed by atoms with Crippen LogP contribution in [0.15, 0.2) is 0 Å². The Balaban J connectivity index is 3.58.